The van der Waals surface area contributed by atoms with E-state index in [0.717, 1.165) is 18.8 Å². The van der Waals surface area contributed by atoms with Crippen LogP contribution in [0.4, 0.5) is 0 Å². The van der Waals surface area contributed by atoms with Crippen LogP contribution in [0.3, 0.4) is 0 Å². The van der Waals surface area contributed by atoms with Crippen molar-refractivity contribution < 1.29 is 4.74 Å². The van der Waals surface area contributed by atoms with Crippen LogP contribution in [0.1, 0.15) is 22.3 Å². The van der Waals surface area contributed by atoms with Crippen molar-refractivity contribution in [3.8, 4) is 5.75 Å². The van der Waals surface area contributed by atoms with Gasteiger partial charge in [-0.3, -0.25) is 0 Å². The molecule has 0 radical (unpaired) electrons. The van der Waals surface area contributed by atoms with E-state index in [2.05, 4.69) is 42.0 Å². The molecule has 0 aromatic heterocycles. The van der Waals surface area contributed by atoms with E-state index in [1.807, 2.05) is 0 Å². The smallest absolute Gasteiger partial charge is 0.126 e. The Labute approximate surface area is 112 Å². The third-order valence-corrected chi connectivity index (χ3v) is 4.30. The molecule has 0 amide bonds. The summed E-state index contributed by atoms with van der Waals surface area (Å²) in [6.07, 6.45) is 0. The third-order valence-electron chi connectivity index (χ3n) is 3.12. The summed E-state index contributed by atoms with van der Waals surface area (Å²) in [5.41, 5.74) is 10.3. The second kappa shape index (κ2) is 6.38. The number of nitrogens with one attached hydrogen (secondary N) is 1. The Morgan fingerprint density at radius 3 is 2.35 bits per heavy atom. The van der Waals surface area contributed by atoms with Crippen molar-refractivity contribution >= 4 is 15.9 Å². The van der Waals surface area contributed by atoms with Crippen LogP contribution in [0.5, 0.6) is 5.75 Å². The van der Waals surface area contributed by atoms with Crippen LogP contribution in [-0.2, 0) is 6.54 Å². The lowest BCUT2D eigenvalue weighted by molar-refractivity contribution is 0.403. The topological polar surface area (TPSA) is 47.3 Å². The minimum atomic E-state index is 0.646. The highest BCUT2D eigenvalue weighted by Crippen LogP contribution is 2.35. The first-order valence-corrected chi connectivity index (χ1v) is 6.56. The van der Waals surface area contributed by atoms with E-state index >= 15 is 0 Å². The lowest BCUT2D eigenvalue weighted by atomic mass is 9.99. The molecular formula is C13H21BrN2O. The number of halogens is 1. The van der Waals surface area contributed by atoms with Gasteiger partial charge in [0.2, 0.25) is 0 Å². The first kappa shape index (κ1) is 14.5. The average Bonchev–Trinajstić information content (AvgIpc) is 2.33. The quantitative estimate of drug-likeness (QED) is 0.821. The zero-order valence-corrected chi connectivity index (χ0v) is 12.6. The molecular weight excluding hydrogens is 280 g/mol. The van der Waals surface area contributed by atoms with Gasteiger partial charge in [0.05, 0.1) is 7.11 Å². The monoisotopic (exact) mass is 300 g/mol. The Hall–Kier alpha value is -0.580. The molecule has 0 spiro atoms. The molecule has 3 nitrogen and oxygen atoms in total. The van der Waals surface area contributed by atoms with E-state index < -0.39 is 0 Å². The molecule has 0 unspecified atom stereocenters. The van der Waals surface area contributed by atoms with Crippen LogP contribution >= 0.6 is 15.9 Å². The third kappa shape index (κ3) is 3.00. The minimum Gasteiger partial charge on any atom is -0.496 e. The van der Waals surface area contributed by atoms with Gasteiger partial charge in [-0.15, -0.1) is 0 Å². The highest BCUT2D eigenvalue weighted by molar-refractivity contribution is 9.10. The second-order valence-corrected chi connectivity index (χ2v) is 4.96. The van der Waals surface area contributed by atoms with Gasteiger partial charge >= 0.3 is 0 Å². The van der Waals surface area contributed by atoms with Gasteiger partial charge in [0.1, 0.15) is 5.75 Å². The molecule has 4 heteroatoms. The van der Waals surface area contributed by atoms with Crippen LogP contribution in [0.15, 0.2) is 4.47 Å². The zero-order valence-electron chi connectivity index (χ0n) is 11.0. The van der Waals surface area contributed by atoms with Crippen molar-refractivity contribution in [2.75, 3.05) is 20.2 Å². The molecule has 0 atom stereocenters. The highest BCUT2D eigenvalue weighted by Gasteiger charge is 2.15. The summed E-state index contributed by atoms with van der Waals surface area (Å²) in [5.74, 6) is 0.979. The maximum atomic E-state index is 5.53. The Morgan fingerprint density at radius 1 is 1.18 bits per heavy atom. The summed E-state index contributed by atoms with van der Waals surface area (Å²) in [6, 6.07) is 0. The maximum absolute atomic E-state index is 5.53. The minimum absolute atomic E-state index is 0.646. The Morgan fingerprint density at radius 2 is 1.82 bits per heavy atom. The molecule has 0 saturated heterocycles. The van der Waals surface area contributed by atoms with Crippen molar-refractivity contribution in [2.45, 2.75) is 27.3 Å². The van der Waals surface area contributed by atoms with Gasteiger partial charge in [0.15, 0.2) is 0 Å². The van der Waals surface area contributed by atoms with Gasteiger partial charge < -0.3 is 15.8 Å². The molecule has 0 aliphatic heterocycles. The summed E-state index contributed by atoms with van der Waals surface area (Å²) in [6.45, 7) is 8.54. The predicted molar refractivity (Wildman–Crippen MR) is 75.7 cm³/mol. The van der Waals surface area contributed by atoms with Crippen molar-refractivity contribution in [1.29, 1.82) is 0 Å². The number of rotatable bonds is 5. The van der Waals surface area contributed by atoms with Crippen LogP contribution in [-0.4, -0.2) is 20.2 Å². The SMILES string of the molecule is COc1c(C)c(C)c(Br)c(C)c1CNCCN. The lowest BCUT2D eigenvalue weighted by Gasteiger charge is -2.19. The van der Waals surface area contributed by atoms with E-state index in [4.69, 9.17) is 10.5 Å². The van der Waals surface area contributed by atoms with Crippen molar-refractivity contribution in [2.24, 2.45) is 5.73 Å². The van der Waals surface area contributed by atoms with E-state index in [1.54, 1.807) is 7.11 Å². The van der Waals surface area contributed by atoms with Gasteiger partial charge in [-0.2, -0.15) is 0 Å². The van der Waals surface area contributed by atoms with Gasteiger partial charge in [-0.05, 0) is 37.5 Å². The summed E-state index contributed by atoms with van der Waals surface area (Å²) in [7, 11) is 1.72. The standard InChI is InChI=1S/C13H21BrN2O/c1-8-9(2)13(17-4)11(7-16-6-5-15)10(3)12(8)14/h16H,5-7,15H2,1-4H3. The molecule has 0 heterocycles. The molecule has 3 N–H and O–H groups in total. The fourth-order valence-electron chi connectivity index (χ4n) is 1.95. The van der Waals surface area contributed by atoms with Gasteiger partial charge in [-0.1, -0.05) is 15.9 Å². The molecule has 0 aliphatic rings. The van der Waals surface area contributed by atoms with Gasteiger partial charge in [0.25, 0.3) is 0 Å². The first-order valence-electron chi connectivity index (χ1n) is 5.77. The van der Waals surface area contributed by atoms with Crippen LogP contribution in [0, 0.1) is 20.8 Å². The predicted octanol–water partition coefficient (Wildman–Crippen LogP) is 2.43. The lowest BCUT2D eigenvalue weighted by Crippen LogP contribution is -2.23. The summed E-state index contributed by atoms with van der Waals surface area (Å²) in [4.78, 5) is 0. The average molecular weight is 301 g/mol. The normalized spacial score (nSPS) is 10.7. The number of benzene rings is 1. The summed E-state index contributed by atoms with van der Waals surface area (Å²) < 4.78 is 6.70. The molecule has 1 rings (SSSR count). The molecule has 0 saturated carbocycles. The number of ether oxygens (including phenoxy) is 1. The molecule has 0 fully saturated rings. The van der Waals surface area contributed by atoms with Gasteiger partial charge in [-0.25, -0.2) is 0 Å². The number of methoxy groups -OCH3 is 1. The van der Waals surface area contributed by atoms with E-state index in [-0.39, 0.29) is 0 Å². The Balaban J connectivity index is 3.17. The number of hydrogen-bond donors (Lipinski definition) is 2. The van der Waals surface area contributed by atoms with Crippen molar-refractivity contribution in [3.05, 3.63) is 26.7 Å². The van der Waals surface area contributed by atoms with E-state index in [0.29, 0.717) is 6.54 Å². The van der Waals surface area contributed by atoms with Crippen molar-refractivity contribution in [1.82, 2.24) is 5.32 Å². The molecule has 1 aromatic carbocycles. The Bertz CT molecular complexity index is 405. The van der Waals surface area contributed by atoms with Crippen LogP contribution < -0.4 is 15.8 Å². The largest absolute Gasteiger partial charge is 0.496 e. The maximum Gasteiger partial charge on any atom is 0.126 e. The molecule has 0 aliphatic carbocycles. The van der Waals surface area contributed by atoms with Crippen molar-refractivity contribution in [3.63, 3.8) is 0 Å². The molecule has 1 aromatic rings. The molecule has 96 valence electrons. The van der Waals surface area contributed by atoms with Crippen LogP contribution in [0.2, 0.25) is 0 Å². The van der Waals surface area contributed by atoms with Crippen LogP contribution in [0.25, 0.3) is 0 Å². The summed E-state index contributed by atoms with van der Waals surface area (Å²) >= 11 is 3.65. The van der Waals surface area contributed by atoms with E-state index in [9.17, 15) is 0 Å². The van der Waals surface area contributed by atoms with E-state index in [1.165, 1.54) is 26.7 Å². The summed E-state index contributed by atoms with van der Waals surface area (Å²) in [5, 5.41) is 3.31. The zero-order chi connectivity index (χ0) is 13.0. The first-order chi connectivity index (χ1) is 8.04. The fourth-order valence-corrected chi connectivity index (χ4v) is 2.49. The second-order valence-electron chi connectivity index (χ2n) is 4.17. The number of nitrogens with two attached hydrogens (primary N) is 1. The van der Waals surface area contributed by atoms with Gasteiger partial charge in [0, 0.05) is 29.7 Å². The fraction of sp³-hybridized carbons (Fsp3) is 0.538. The molecule has 0 bridgehead atoms. The Kier molecular flexibility index (Phi) is 5.43. The highest BCUT2D eigenvalue weighted by atomic mass is 79.9. The number of hydrogen-bond acceptors (Lipinski definition) is 3. The molecule has 17 heavy (non-hydrogen) atoms.